The Morgan fingerprint density at radius 3 is 2.85 bits per heavy atom. The maximum atomic E-state index is 9.46. The van der Waals surface area contributed by atoms with Gasteiger partial charge in [0, 0.05) is 25.2 Å². The van der Waals surface area contributed by atoms with Gasteiger partial charge in [0.1, 0.15) is 0 Å². The summed E-state index contributed by atoms with van der Waals surface area (Å²) in [6, 6.07) is 0.0566. The highest BCUT2D eigenvalue weighted by molar-refractivity contribution is 5.77. The van der Waals surface area contributed by atoms with Crippen molar-refractivity contribution in [1.29, 1.82) is 0 Å². The van der Waals surface area contributed by atoms with Crippen molar-refractivity contribution in [2.75, 3.05) is 26.1 Å². The topological polar surface area (TPSA) is 119 Å². The third-order valence-electron chi connectivity index (χ3n) is 4.05. The van der Waals surface area contributed by atoms with E-state index in [-0.39, 0.29) is 37.0 Å². The lowest BCUT2D eigenvalue weighted by atomic mass is 9.70. The summed E-state index contributed by atoms with van der Waals surface area (Å²) < 4.78 is 7.03. The minimum atomic E-state index is -0.000385. The minimum Gasteiger partial charge on any atom is -0.479 e. The molecule has 1 aliphatic rings. The van der Waals surface area contributed by atoms with Gasteiger partial charge in [-0.2, -0.15) is 9.97 Å². The van der Waals surface area contributed by atoms with Gasteiger partial charge in [0.15, 0.2) is 11.2 Å². The molecule has 0 amide bonds. The number of fused-ring (bicyclic) bond motifs is 1. The molecular weight excluding hydrogens is 262 g/mol. The van der Waals surface area contributed by atoms with Gasteiger partial charge < -0.3 is 25.3 Å². The summed E-state index contributed by atoms with van der Waals surface area (Å²) in [5.74, 6) is 0.572. The first-order valence-corrected chi connectivity index (χ1v) is 6.45. The number of rotatable bonds is 4. The number of nitrogens with two attached hydrogens (primary N) is 1. The van der Waals surface area contributed by atoms with Crippen molar-refractivity contribution >= 4 is 17.1 Å². The van der Waals surface area contributed by atoms with Crippen molar-refractivity contribution < 1.29 is 14.9 Å². The number of nitrogen functional groups attached to an aromatic ring is 1. The molecule has 0 spiro atoms. The summed E-state index contributed by atoms with van der Waals surface area (Å²) in [6.07, 6.45) is 2.43. The summed E-state index contributed by atoms with van der Waals surface area (Å²) in [6.45, 7) is 0.0993. The van der Waals surface area contributed by atoms with Gasteiger partial charge in [-0.05, 0) is 12.3 Å². The monoisotopic (exact) mass is 279 g/mol. The fourth-order valence-electron chi connectivity index (χ4n) is 2.87. The van der Waals surface area contributed by atoms with E-state index in [1.165, 1.54) is 7.11 Å². The quantitative estimate of drug-likeness (QED) is 0.695. The lowest BCUT2D eigenvalue weighted by molar-refractivity contribution is -0.00528. The fourth-order valence-corrected chi connectivity index (χ4v) is 2.87. The van der Waals surface area contributed by atoms with Crippen LogP contribution in [0.2, 0.25) is 0 Å². The number of ether oxygens (including phenoxy) is 1. The molecule has 0 unspecified atom stereocenters. The molecule has 2 aromatic rings. The molecule has 8 heteroatoms. The van der Waals surface area contributed by atoms with Crippen LogP contribution < -0.4 is 10.5 Å². The summed E-state index contributed by atoms with van der Waals surface area (Å²) in [5, 5.41) is 18.7. The third kappa shape index (κ3) is 1.80. The number of hydrogen-bond acceptors (Lipinski definition) is 7. The predicted molar refractivity (Wildman–Crippen MR) is 71.1 cm³/mol. The molecule has 0 aromatic carbocycles. The number of hydrogen-bond donors (Lipinski definition) is 3. The van der Waals surface area contributed by atoms with E-state index in [1.807, 2.05) is 4.57 Å². The van der Waals surface area contributed by atoms with Crippen LogP contribution in [0.25, 0.3) is 11.2 Å². The van der Waals surface area contributed by atoms with Crippen LogP contribution in [0.3, 0.4) is 0 Å². The molecule has 1 aliphatic carbocycles. The highest BCUT2D eigenvalue weighted by Gasteiger charge is 2.42. The van der Waals surface area contributed by atoms with Crippen LogP contribution in [0, 0.1) is 11.8 Å². The Morgan fingerprint density at radius 1 is 1.40 bits per heavy atom. The lowest BCUT2D eigenvalue weighted by Crippen LogP contribution is -2.42. The van der Waals surface area contributed by atoms with Crippen molar-refractivity contribution in [2.45, 2.75) is 12.5 Å². The Kier molecular flexibility index (Phi) is 3.19. The molecular formula is C12H17N5O3. The maximum Gasteiger partial charge on any atom is 0.246 e. The zero-order valence-corrected chi connectivity index (χ0v) is 11.1. The predicted octanol–water partition coefficient (Wildman–Crippen LogP) is -0.421. The van der Waals surface area contributed by atoms with Gasteiger partial charge in [0.2, 0.25) is 11.8 Å². The highest BCUT2D eigenvalue weighted by Crippen LogP contribution is 2.44. The molecule has 4 N–H and O–H groups in total. The number of anilines is 1. The van der Waals surface area contributed by atoms with E-state index < -0.39 is 0 Å². The Bertz CT molecular complexity index is 629. The molecule has 0 radical (unpaired) electrons. The summed E-state index contributed by atoms with van der Waals surface area (Å²) >= 11 is 0. The number of aromatic nitrogens is 4. The number of imidazole rings is 1. The molecule has 3 rings (SSSR count). The number of aliphatic hydroxyl groups is 2. The molecule has 20 heavy (non-hydrogen) atoms. The van der Waals surface area contributed by atoms with Crippen LogP contribution in [0.4, 0.5) is 5.95 Å². The van der Waals surface area contributed by atoms with Gasteiger partial charge >= 0.3 is 0 Å². The molecule has 0 bridgehead atoms. The van der Waals surface area contributed by atoms with Gasteiger partial charge in [0.25, 0.3) is 0 Å². The number of aliphatic hydroxyl groups excluding tert-OH is 2. The van der Waals surface area contributed by atoms with Crippen molar-refractivity contribution in [3.05, 3.63) is 6.33 Å². The Balaban J connectivity index is 2.03. The van der Waals surface area contributed by atoms with Crippen molar-refractivity contribution in [3.63, 3.8) is 0 Å². The number of methoxy groups -OCH3 is 1. The van der Waals surface area contributed by atoms with Crippen molar-refractivity contribution in [2.24, 2.45) is 11.8 Å². The zero-order valence-electron chi connectivity index (χ0n) is 11.1. The van der Waals surface area contributed by atoms with Crippen LogP contribution in [-0.2, 0) is 0 Å². The van der Waals surface area contributed by atoms with E-state index in [9.17, 15) is 10.2 Å². The van der Waals surface area contributed by atoms with E-state index in [0.717, 1.165) is 6.42 Å². The second-order valence-corrected chi connectivity index (χ2v) is 5.01. The SMILES string of the molecule is COc1nc(N)nc2c1ncn2[C@@H]1C[C@H](CO)[C@H]1CO. The van der Waals surface area contributed by atoms with Gasteiger partial charge in [-0.1, -0.05) is 0 Å². The Hall–Kier alpha value is -1.93. The van der Waals surface area contributed by atoms with Crippen molar-refractivity contribution in [3.8, 4) is 5.88 Å². The Morgan fingerprint density at radius 2 is 2.20 bits per heavy atom. The smallest absolute Gasteiger partial charge is 0.246 e. The fraction of sp³-hybridized carbons (Fsp3) is 0.583. The summed E-state index contributed by atoms with van der Waals surface area (Å²) in [7, 11) is 1.50. The molecule has 108 valence electrons. The molecule has 1 fully saturated rings. The van der Waals surface area contributed by atoms with E-state index >= 15 is 0 Å². The highest BCUT2D eigenvalue weighted by atomic mass is 16.5. The molecule has 1 saturated carbocycles. The van der Waals surface area contributed by atoms with Crippen molar-refractivity contribution in [1.82, 2.24) is 19.5 Å². The molecule has 2 aromatic heterocycles. The molecule has 0 aliphatic heterocycles. The summed E-state index contributed by atoms with van der Waals surface area (Å²) in [4.78, 5) is 12.5. The maximum absolute atomic E-state index is 9.46. The van der Waals surface area contributed by atoms with E-state index in [2.05, 4.69) is 15.0 Å². The van der Waals surface area contributed by atoms with Crippen LogP contribution in [0.1, 0.15) is 12.5 Å². The molecule has 0 saturated heterocycles. The zero-order chi connectivity index (χ0) is 14.3. The molecule has 2 heterocycles. The van der Waals surface area contributed by atoms with Crippen LogP contribution in [0.15, 0.2) is 6.33 Å². The lowest BCUT2D eigenvalue weighted by Gasteiger charge is -2.43. The molecule has 3 atom stereocenters. The van der Waals surface area contributed by atoms with Gasteiger partial charge in [-0.3, -0.25) is 0 Å². The average molecular weight is 279 g/mol. The first kappa shape index (κ1) is 13.1. The number of nitrogens with zero attached hydrogens (tertiary/aromatic N) is 4. The van der Waals surface area contributed by atoms with Gasteiger partial charge in [0.05, 0.1) is 13.4 Å². The van der Waals surface area contributed by atoms with Crippen LogP contribution in [0.5, 0.6) is 5.88 Å². The minimum absolute atomic E-state index is 0.000385. The first-order valence-electron chi connectivity index (χ1n) is 6.45. The van der Waals surface area contributed by atoms with Gasteiger partial charge in [-0.25, -0.2) is 4.98 Å². The van der Waals surface area contributed by atoms with E-state index in [0.29, 0.717) is 17.0 Å². The second-order valence-electron chi connectivity index (χ2n) is 5.01. The van der Waals surface area contributed by atoms with E-state index in [4.69, 9.17) is 10.5 Å². The van der Waals surface area contributed by atoms with E-state index in [1.54, 1.807) is 6.33 Å². The van der Waals surface area contributed by atoms with Gasteiger partial charge in [-0.15, -0.1) is 0 Å². The normalized spacial score (nSPS) is 25.6. The first-order chi connectivity index (χ1) is 9.69. The summed E-state index contributed by atoms with van der Waals surface area (Å²) in [5.41, 5.74) is 6.81. The average Bonchev–Trinajstić information content (AvgIpc) is 2.81. The standard InChI is InChI=1S/C12H17N5O3/c1-20-11-9-10(15-12(13)16-11)17(5-14-9)8-2-6(3-18)7(8)4-19/h5-8,18-19H,2-4H2,1H3,(H2,13,15,16)/t6-,7-,8-/m1/s1. The third-order valence-corrected chi connectivity index (χ3v) is 4.05. The largest absolute Gasteiger partial charge is 0.479 e. The second kappa shape index (κ2) is 4.88. The van der Waals surface area contributed by atoms with Crippen LogP contribution in [-0.4, -0.2) is 50.1 Å². The Labute approximate surface area is 115 Å². The molecule has 8 nitrogen and oxygen atoms in total. The van der Waals surface area contributed by atoms with Crippen LogP contribution >= 0.6 is 0 Å².